The number of halogens is 4. The van der Waals surface area contributed by atoms with Crippen LogP contribution in [-0.4, -0.2) is 32.1 Å². The highest BCUT2D eigenvalue weighted by Gasteiger charge is 2.30. The number of nitrogens with one attached hydrogen (secondary N) is 1. The van der Waals surface area contributed by atoms with E-state index >= 15 is 0 Å². The van der Waals surface area contributed by atoms with Crippen molar-refractivity contribution in [3.8, 4) is 0 Å². The Balaban J connectivity index is 1.67. The van der Waals surface area contributed by atoms with Gasteiger partial charge < -0.3 is 21.3 Å². The molecule has 0 spiro atoms. The van der Waals surface area contributed by atoms with Crippen LogP contribution in [0.15, 0.2) is 72.5 Å². The Bertz CT molecular complexity index is 1280. The van der Waals surface area contributed by atoms with Gasteiger partial charge in [-0.15, -0.1) is 0 Å². The van der Waals surface area contributed by atoms with Gasteiger partial charge in [-0.2, -0.15) is 17.6 Å². The maximum Gasteiger partial charge on any atom is 0.416 e. The van der Waals surface area contributed by atoms with Crippen LogP contribution in [0.3, 0.4) is 0 Å². The van der Waals surface area contributed by atoms with E-state index in [1.165, 1.54) is 42.4 Å². The topological polar surface area (TPSA) is 117 Å². The third-order valence-electron chi connectivity index (χ3n) is 5.39. The van der Waals surface area contributed by atoms with Gasteiger partial charge in [0.05, 0.1) is 10.6 Å². The van der Waals surface area contributed by atoms with Gasteiger partial charge in [0.1, 0.15) is 0 Å². The minimum absolute atomic E-state index is 0.0984. The van der Waals surface area contributed by atoms with Gasteiger partial charge in [0.2, 0.25) is 5.95 Å². The highest BCUT2D eigenvalue weighted by Crippen LogP contribution is 2.33. The van der Waals surface area contributed by atoms with Gasteiger partial charge in [0.15, 0.2) is 0 Å². The van der Waals surface area contributed by atoms with Crippen LogP contribution in [0.5, 0.6) is 0 Å². The monoisotopic (exact) mass is 539 g/mol. The van der Waals surface area contributed by atoms with Crippen LogP contribution in [0.4, 0.5) is 17.6 Å². The Labute approximate surface area is 212 Å². The Kier molecular flexibility index (Phi) is 9.12. The number of nitrogens with zero attached hydrogens (tertiary/aromatic N) is 1. The summed E-state index contributed by atoms with van der Waals surface area (Å²) < 4.78 is 74.9. The minimum atomic E-state index is -4.50. The Hall–Kier alpha value is -2.93. The first-order valence-corrected chi connectivity index (χ1v) is 12.6. The number of thioether (sulfide) groups is 1. The molecule has 5 N–H and O–H groups in total. The highest BCUT2D eigenvalue weighted by molar-refractivity contribution is 8.11. The van der Waals surface area contributed by atoms with Crippen LogP contribution in [0, 0.1) is 5.95 Å². The molecule has 2 aromatic carbocycles. The Morgan fingerprint density at radius 2 is 1.89 bits per heavy atom. The second-order valence-electron chi connectivity index (χ2n) is 7.87. The van der Waals surface area contributed by atoms with E-state index in [1.807, 2.05) is 0 Å². The zero-order valence-electron chi connectivity index (χ0n) is 18.8. The number of pyridine rings is 1. The normalized spacial score (nSPS) is 14.9. The van der Waals surface area contributed by atoms with Crippen LogP contribution >= 0.6 is 11.8 Å². The summed E-state index contributed by atoms with van der Waals surface area (Å²) in [5.41, 5.74) is 12.3. The van der Waals surface area contributed by atoms with Crippen LogP contribution in [0.1, 0.15) is 22.6 Å². The van der Waals surface area contributed by atoms with Crippen molar-refractivity contribution in [3.05, 3.63) is 95.2 Å². The maximum absolute atomic E-state index is 13.5. The van der Waals surface area contributed by atoms with Crippen LogP contribution in [0.25, 0.3) is 15.7 Å². The highest BCUT2D eigenvalue weighted by atomic mass is 32.2. The van der Waals surface area contributed by atoms with Gasteiger partial charge in [0.25, 0.3) is 0 Å². The number of nitrogens with two attached hydrogens (primary N) is 2. The van der Waals surface area contributed by atoms with Crippen molar-refractivity contribution in [2.45, 2.75) is 18.1 Å². The fraction of sp³-hybridized carbons (Fsp3) is 0.208. The van der Waals surface area contributed by atoms with Crippen molar-refractivity contribution in [1.82, 2.24) is 10.3 Å². The number of benzene rings is 2. The standard InChI is InChI=1S/C24H24F4N4O2S2/c1-14(35-22(10-29)16-2-3-17-11-32-23(25)9-18(17)8-16)31-12-21(30)20(13-36(33)34)15-4-6-19(7-5-15)24(26,27)28/h2-11,20-21,31H,1,12-13,29-30H2,(H,33,34)/p-1/b22-10-/t20-,21+/m0/s1. The van der Waals surface area contributed by atoms with E-state index < -0.39 is 40.7 Å². The second-order valence-corrected chi connectivity index (χ2v) is 9.94. The summed E-state index contributed by atoms with van der Waals surface area (Å²) in [4.78, 5) is 4.25. The quantitative estimate of drug-likeness (QED) is 0.198. The summed E-state index contributed by atoms with van der Waals surface area (Å²) >= 11 is -1.27. The second kappa shape index (κ2) is 11.9. The van der Waals surface area contributed by atoms with E-state index in [9.17, 15) is 26.3 Å². The van der Waals surface area contributed by atoms with Gasteiger partial charge in [-0.3, -0.25) is 4.21 Å². The molecule has 6 nitrogen and oxygen atoms in total. The summed E-state index contributed by atoms with van der Waals surface area (Å²) in [5, 5.41) is 4.88. The summed E-state index contributed by atoms with van der Waals surface area (Å²) in [5.74, 6) is -1.71. The molecular weight excluding hydrogens is 516 g/mol. The van der Waals surface area contributed by atoms with Gasteiger partial charge in [-0.05, 0) is 34.7 Å². The van der Waals surface area contributed by atoms with Crippen molar-refractivity contribution in [3.63, 3.8) is 0 Å². The molecule has 0 saturated heterocycles. The first-order chi connectivity index (χ1) is 17.0. The molecule has 3 aromatic rings. The van der Waals surface area contributed by atoms with Crippen LogP contribution in [0.2, 0.25) is 0 Å². The molecule has 1 unspecified atom stereocenters. The lowest BCUT2D eigenvalue weighted by atomic mass is 9.93. The van der Waals surface area contributed by atoms with Crippen molar-refractivity contribution >= 4 is 38.5 Å². The van der Waals surface area contributed by atoms with E-state index in [4.69, 9.17) is 11.5 Å². The third-order valence-corrected chi connectivity index (χ3v) is 7.00. The molecule has 0 fully saturated rings. The predicted molar refractivity (Wildman–Crippen MR) is 135 cm³/mol. The van der Waals surface area contributed by atoms with Gasteiger partial charge in [-0.1, -0.05) is 53.7 Å². The molecule has 0 aliphatic heterocycles. The molecule has 0 saturated carbocycles. The van der Waals surface area contributed by atoms with Crippen LogP contribution in [-0.2, 0) is 17.3 Å². The molecule has 12 heteroatoms. The van der Waals surface area contributed by atoms with E-state index in [0.717, 1.165) is 23.1 Å². The largest absolute Gasteiger partial charge is 0.772 e. The number of aromatic nitrogens is 1. The minimum Gasteiger partial charge on any atom is -0.772 e. The summed E-state index contributed by atoms with van der Waals surface area (Å²) in [6.45, 7) is 4.03. The van der Waals surface area contributed by atoms with E-state index in [-0.39, 0.29) is 12.3 Å². The van der Waals surface area contributed by atoms with Gasteiger partial charge in [-0.25, -0.2) is 4.98 Å². The molecule has 0 aliphatic rings. The zero-order chi connectivity index (χ0) is 26.5. The Morgan fingerprint density at radius 3 is 2.50 bits per heavy atom. The first-order valence-electron chi connectivity index (χ1n) is 10.5. The smallest absolute Gasteiger partial charge is 0.416 e. The molecule has 1 aromatic heterocycles. The molecule has 36 heavy (non-hydrogen) atoms. The van der Waals surface area contributed by atoms with Crippen molar-refractivity contribution in [1.29, 1.82) is 0 Å². The lowest BCUT2D eigenvalue weighted by Crippen LogP contribution is -2.40. The average Bonchev–Trinajstić information content (AvgIpc) is 2.83. The van der Waals surface area contributed by atoms with E-state index in [0.29, 0.717) is 20.9 Å². The molecule has 1 heterocycles. The number of fused-ring (bicyclic) bond motifs is 1. The van der Waals surface area contributed by atoms with Crippen molar-refractivity contribution < 1.29 is 26.3 Å². The molecule has 0 amide bonds. The van der Waals surface area contributed by atoms with E-state index in [1.54, 1.807) is 18.2 Å². The number of alkyl halides is 3. The lowest BCUT2D eigenvalue weighted by molar-refractivity contribution is -0.137. The van der Waals surface area contributed by atoms with Gasteiger partial charge in [0, 0.05) is 53.0 Å². The fourth-order valence-corrected chi connectivity index (χ4v) is 5.00. The molecule has 3 rings (SSSR count). The van der Waals surface area contributed by atoms with E-state index in [2.05, 4.69) is 16.9 Å². The SMILES string of the molecule is C=C(NC[C@@H](N)[C@@H](CS(=O)[O-])c1ccc(C(F)(F)F)cc1)S/C(=C\N)c1ccc2cnc(F)cc2c1. The lowest BCUT2D eigenvalue weighted by Gasteiger charge is -2.26. The Morgan fingerprint density at radius 1 is 1.19 bits per heavy atom. The number of hydrogen-bond acceptors (Lipinski definition) is 7. The predicted octanol–water partition coefficient (Wildman–Crippen LogP) is 4.43. The molecule has 3 atom stereocenters. The average molecular weight is 540 g/mol. The number of rotatable bonds is 10. The maximum atomic E-state index is 13.5. The first kappa shape index (κ1) is 27.7. The summed E-state index contributed by atoms with van der Waals surface area (Å²) in [6.07, 6.45) is -1.70. The summed E-state index contributed by atoms with van der Waals surface area (Å²) in [6, 6.07) is 10.2. The van der Waals surface area contributed by atoms with Crippen molar-refractivity contribution in [2.24, 2.45) is 11.5 Å². The molecule has 0 bridgehead atoms. The zero-order valence-corrected chi connectivity index (χ0v) is 20.4. The molecule has 0 aliphatic carbocycles. The fourth-order valence-electron chi connectivity index (χ4n) is 3.53. The molecule has 192 valence electrons. The molecular formula is C24H23F4N4O2S2-. The molecule has 0 radical (unpaired) electrons. The van der Waals surface area contributed by atoms with Crippen LogP contribution < -0.4 is 16.8 Å². The van der Waals surface area contributed by atoms with Gasteiger partial charge >= 0.3 is 6.18 Å². The van der Waals surface area contributed by atoms with Crippen molar-refractivity contribution in [2.75, 3.05) is 12.3 Å². The number of hydrogen-bond donors (Lipinski definition) is 3. The summed E-state index contributed by atoms with van der Waals surface area (Å²) in [7, 11) is 0. The third kappa shape index (κ3) is 7.29.